The van der Waals surface area contributed by atoms with Crippen LogP contribution in [-0.4, -0.2) is 121 Å². The second kappa shape index (κ2) is 9.15. The van der Waals surface area contributed by atoms with E-state index in [1.54, 1.807) is 0 Å². The maximum Gasteiger partial charge on any atom is 0.186 e. The van der Waals surface area contributed by atoms with Crippen LogP contribution in [0, 0.1) is 0 Å². The molecule has 11 nitrogen and oxygen atoms in total. The van der Waals surface area contributed by atoms with E-state index in [-0.39, 0.29) is 0 Å². The van der Waals surface area contributed by atoms with Gasteiger partial charge in [-0.05, 0) is 0 Å². The highest BCUT2D eigenvalue weighted by Crippen LogP contribution is 2.22. The Morgan fingerprint density at radius 2 is 1.39 bits per heavy atom. The molecule has 0 radical (unpaired) electrons. The van der Waals surface area contributed by atoms with Crippen molar-refractivity contribution in [2.45, 2.75) is 55.1 Å². The lowest BCUT2D eigenvalue weighted by Crippen LogP contribution is -2.59. The Morgan fingerprint density at radius 3 is 1.91 bits per heavy atom. The highest BCUT2D eigenvalue weighted by Gasteiger charge is 2.44. The quantitative estimate of drug-likeness (QED) is 0.203. The zero-order chi connectivity index (χ0) is 17.7. The van der Waals surface area contributed by atoms with Crippen molar-refractivity contribution in [2.75, 3.05) is 19.8 Å². The number of ether oxygens (including phenoxy) is 2. The van der Waals surface area contributed by atoms with E-state index in [9.17, 15) is 35.7 Å². The molecular formula is C12H24O11. The lowest BCUT2D eigenvalue weighted by atomic mass is 9.99. The van der Waals surface area contributed by atoms with Crippen LogP contribution in [0.4, 0.5) is 0 Å². The Labute approximate surface area is 131 Å². The highest BCUT2D eigenvalue weighted by molar-refractivity contribution is 4.89. The first-order valence-corrected chi connectivity index (χ1v) is 6.99. The van der Waals surface area contributed by atoms with Gasteiger partial charge in [-0.15, -0.1) is 0 Å². The molecule has 0 saturated carbocycles. The minimum absolute atomic E-state index is 0.655. The first-order valence-electron chi connectivity index (χ1n) is 6.99. The summed E-state index contributed by atoms with van der Waals surface area (Å²) in [5.41, 5.74) is 0. The lowest BCUT2D eigenvalue weighted by Gasteiger charge is -2.40. The SMILES string of the molecule is OC[C@H](O)[C@H](O)[C@H](O)[C@H](O)CO[C@H]1O[C@H](CO)[C@@H](O)[C@H](O)[C@H]1O. The van der Waals surface area contributed by atoms with Crippen molar-refractivity contribution in [2.24, 2.45) is 0 Å². The molecule has 0 aromatic carbocycles. The first kappa shape index (κ1) is 20.6. The third-order valence-electron chi connectivity index (χ3n) is 3.61. The monoisotopic (exact) mass is 344 g/mol. The molecule has 1 aliphatic rings. The van der Waals surface area contributed by atoms with Crippen LogP contribution in [0.2, 0.25) is 0 Å². The normalized spacial score (nSPS) is 37.2. The maximum atomic E-state index is 9.70. The van der Waals surface area contributed by atoms with E-state index >= 15 is 0 Å². The minimum Gasteiger partial charge on any atom is -0.394 e. The Balaban J connectivity index is 2.55. The number of hydrogen-bond donors (Lipinski definition) is 9. The van der Waals surface area contributed by atoms with Gasteiger partial charge < -0.3 is 55.4 Å². The molecular weight excluding hydrogens is 320 g/mol. The molecule has 1 rings (SSSR count). The van der Waals surface area contributed by atoms with Gasteiger partial charge in [-0.3, -0.25) is 0 Å². The van der Waals surface area contributed by atoms with Gasteiger partial charge >= 0.3 is 0 Å². The van der Waals surface area contributed by atoms with Crippen molar-refractivity contribution in [1.29, 1.82) is 0 Å². The fraction of sp³-hybridized carbons (Fsp3) is 1.00. The van der Waals surface area contributed by atoms with Gasteiger partial charge in [-0.25, -0.2) is 0 Å². The predicted molar refractivity (Wildman–Crippen MR) is 70.8 cm³/mol. The zero-order valence-corrected chi connectivity index (χ0v) is 12.2. The fourth-order valence-corrected chi connectivity index (χ4v) is 2.06. The molecule has 1 fully saturated rings. The van der Waals surface area contributed by atoms with Gasteiger partial charge in [-0.2, -0.15) is 0 Å². The number of aliphatic hydroxyl groups excluding tert-OH is 9. The van der Waals surface area contributed by atoms with Crippen molar-refractivity contribution < 1.29 is 55.4 Å². The molecule has 11 heteroatoms. The summed E-state index contributed by atoms with van der Waals surface area (Å²) in [5.74, 6) is 0. The van der Waals surface area contributed by atoms with E-state index in [0.29, 0.717) is 0 Å². The van der Waals surface area contributed by atoms with Crippen molar-refractivity contribution in [1.82, 2.24) is 0 Å². The smallest absolute Gasteiger partial charge is 0.186 e. The minimum atomic E-state index is -1.86. The molecule has 138 valence electrons. The number of aliphatic hydroxyl groups is 9. The standard InChI is InChI=1S/C12H24O11/c13-1-4(15)7(17)8(18)5(16)3-22-12-11(21)10(20)9(19)6(2-14)23-12/h4-21H,1-3H2/t4-,5+,6+,7-,8+,9+,10-,11+,12-/m0/s1. The number of rotatable bonds is 8. The lowest BCUT2D eigenvalue weighted by molar-refractivity contribution is -0.306. The summed E-state index contributed by atoms with van der Waals surface area (Å²) in [7, 11) is 0. The maximum absolute atomic E-state index is 9.70. The van der Waals surface area contributed by atoms with Crippen LogP contribution in [0.25, 0.3) is 0 Å². The molecule has 1 heterocycles. The topological polar surface area (TPSA) is 201 Å². The van der Waals surface area contributed by atoms with Gasteiger partial charge in [0.25, 0.3) is 0 Å². The van der Waals surface area contributed by atoms with Crippen LogP contribution in [0.15, 0.2) is 0 Å². The second-order valence-corrected chi connectivity index (χ2v) is 5.33. The van der Waals surface area contributed by atoms with E-state index in [1.165, 1.54) is 0 Å². The molecule has 0 spiro atoms. The Hall–Kier alpha value is -0.440. The Bertz CT molecular complexity index is 341. The number of hydrogen-bond acceptors (Lipinski definition) is 11. The third kappa shape index (κ3) is 5.01. The van der Waals surface area contributed by atoms with Crippen molar-refractivity contribution in [3.63, 3.8) is 0 Å². The molecule has 0 bridgehead atoms. The summed E-state index contributed by atoms with van der Waals surface area (Å²) in [6.07, 6.45) is -14.7. The van der Waals surface area contributed by atoms with E-state index in [0.717, 1.165) is 0 Å². The molecule has 23 heavy (non-hydrogen) atoms. The van der Waals surface area contributed by atoms with Crippen molar-refractivity contribution in [3.8, 4) is 0 Å². The summed E-state index contributed by atoms with van der Waals surface area (Å²) in [6.45, 7) is -2.16. The Kier molecular flexibility index (Phi) is 8.20. The molecule has 9 atom stereocenters. The van der Waals surface area contributed by atoms with Gasteiger partial charge in [0.1, 0.15) is 48.8 Å². The van der Waals surface area contributed by atoms with Gasteiger partial charge in [0.2, 0.25) is 0 Å². The van der Waals surface area contributed by atoms with Crippen LogP contribution in [0.3, 0.4) is 0 Å². The Morgan fingerprint density at radius 1 is 0.826 bits per heavy atom. The van der Waals surface area contributed by atoms with Crippen LogP contribution < -0.4 is 0 Å². The predicted octanol–water partition coefficient (Wildman–Crippen LogP) is -5.76. The van der Waals surface area contributed by atoms with Gasteiger partial charge in [0, 0.05) is 0 Å². The summed E-state index contributed by atoms with van der Waals surface area (Å²) < 4.78 is 9.99. The molecule has 1 aliphatic heterocycles. The van der Waals surface area contributed by atoms with Crippen LogP contribution in [0.5, 0.6) is 0 Å². The van der Waals surface area contributed by atoms with Crippen LogP contribution in [0.1, 0.15) is 0 Å². The summed E-state index contributed by atoms with van der Waals surface area (Å²) >= 11 is 0. The molecule has 0 amide bonds. The van der Waals surface area contributed by atoms with E-state index in [2.05, 4.69) is 0 Å². The van der Waals surface area contributed by atoms with E-state index in [4.69, 9.17) is 19.7 Å². The van der Waals surface area contributed by atoms with Crippen molar-refractivity contribution >= 4 is 0 Å². The molecule has 0 unspecified atom stereocenters. The van der Waals surface area contributed by atoms with Crippen molar-refractivity contribution in [3.05, 3.63) is 0 Å². The molecule has 0 aromatic rings. The van der Waals surface area contributed by atoms with Crippen LogP contribution in [-0.2, 0) is 9.47 Å². The zero-order valence-electron chi connectivity index (χ0n) is 12.2. The summed E-state index contributed by atoms with van der Waals surface area (Å²) in [4.78, 5) is 0. The van der Waals surface area contributed by atoms with Gasteiger partial charge in [-0.1, -0.05) is 0 Å². The summed E-state index contributed by atoms with van der Waals surface area (Å²) in [5, 5.41) is 84.4. The molecule has 0 aromatic heterocycles. The largest absolute Gasteiger partial charge is 0.394 e. The van der Waals surface area contributed by atoms with Crippen LogP contribution >= 0.6 is 0 Å². The first-order chi connectivity index (χ1) is 10.7. The second-order valence-electron chi connectivity index (χ2n) is 5.33. The van der Waals surface area contributed by atoms with E-state index < -0.39 is 74.9 Å². The van der Waals surface area contributed by atoms with Gasteiger partial charge in [0.15, 0.2) is 6.29 Å². The fourth-order valence-electron chi connectivity index (χ4n) is 2.06. The van der Waals surface area contributed by atoms with Gasteiger partial charge in [0.05, 0.1) is 19.8 Å². The highest BCUT2D eigenvalue weighted by atomic mass is 16.7. The molecule has 9 N–H and O–H groups in total. The molecule has 0 aliphatic carbocycles. The molecule has 1 saturated heterocycles. The third-order valence-corrected chi connectivity index (χ3v) is 3.61. The summed E-state index contributed by atoms with van der Waals surface area (Å²) in [6, 6.07) is 0. The van der Waals surface area contributed by atoms with E-state index in [1.807, 2.05) is 0 Å². The average molecular weight is 344 g/mol. The average Bonchev–Trinajstić information content (AvgIpc) is 2.56.